The van der Waals surface area contributed by atoms with Gasteiger partial charge in [-0.15, -0.1) is 0 Å². The van der Waals surface area contributed by atoms with Crippen molar-refractivity contribution in [3.63, 3.8) is 0 Å². The van der Waals surface area contributed by atoms with Crippen LogP contribution in [0.15, 0.2) is 24.3 Å². The van der Waals surface area contributed by atoms with Gasteiger partial charge >= 0.3 is 0 Å². The summed E-state index contributed by atoms with van der Waals surface area (Å²) in [4.78, 5) is 2.42. The molecule has 1 aromatic rings. The van der Waals surface area contributed by atoms with E-state index in [0.717, 1.165) is 56.3 Å². The van der Waals surface area contributed by atoms with Gasteiger partial charge in [0.05, 0.1) is 26.4 Å². The number of benzene rings is 1. The first-order valence-electron chi connectivity index (χ1n) is 8.16. The highest BCUT2D eigenvalue weighted by atomic mass is 16.5. The van der Waals surface area contributed by atoms with E-state index < -0.39 is 0 Å². The van der Waals surface area contributed by atoms with Gasteiger partial charge < -0.3 is 14.2 Å². The van der Waals surface area contributed by atoms with Gasteiger partial charge in [-0.3, -0.25) is 4.90 Å². The minimum Gasteiger partial charge on any atom is -0.490 e. The van der Waals surface area contributed by atoms with Crippen LogP contribution in [0.3, 0.4) is 0 Å². The second kappa shape index (κ2) is 9.49. The number of morpholine rings is 1. The van der Waals surface area contributed by atoms with Gasteiger partial charge in [0.1, 0.15) is 0 Å². The lowest BCUT2D eigenvalue weighted by molar-refractivity contribution is 0.0357. The van der Waals surface area contributed by atoms with Gasteiger partial charge in [-0.2, -0.15) is 0 Å². The summed E-state index contributed by atoms with van der Waals surface area (Å²) in [7, 11) is 0. The molecule has 0 amide bonds. The molecule has 122 valence electrons. The Hall–Kier alpha value is -1.52. The molecular weight excluding hydrogens is 278 g/mol. The van der Waals surface area contributed by atoms with Gasteiger partial charge in [-0.25, -0.2) is 0 Å². The average Bonchev–Trinajstić information content (AvgIpc) is 2.55. The van der Waals surface area contributed by atoms with E-state index in [1.807, 2.05) is 38.1 Å². The Balaban J connectivity index is 1.85. The molecule has 1 aromatic carbocycles. The minimum absolute atomic E-state index is 0.646. The molecule has 1 heterocycles. The third-order valence-corrected chi connectivity index (χ3v) is 3.61. The fourth-order valence-corrected chi connectivity index (χ4v) is 2.50. The predicted molar refractivity (Wildman–Crippen MR) is 89.7 cm³/mol. The van der Waals surface area contributed by atoms with E-state index in [4.69, 9.17) is 14.2 Å². The van der Waals surface area contributed by atoms with E-state index in [-0.39, 0.29) is 0 Å². The molecule has 4 heteroatoms. The lowest BCUT2D eigenvalue weighted by Gasteiger charge is -2.26. The lowest BCUT2D eigenvalue weighted by Crippen LogP contribution is -2.37. The molecule has 1 aliphatic heterocycles. The first-order valence-corrected chi connectivity index (χ1v) is 8.16. The van der Waals surface area contributed by atoms with Crippen molar-refractivity contribution in [1.29, 1.82) is 0 Å². The minimum atomic E-state index is 0.646. The van der Waals surface area contributed by atoms with E-state index in [1.165, 1.54) is 0 Å². The summed E-state index contributed by atoms with van der Waals surface area (Å²) < 4.78 is 17.0. The first-order chi connectivity index (χ1) is 10.8. The Morgan fingerprint density at radius 1 is 1.18 bits per heavy atom. The number of hydrogen-bond donors (Lipinski definition) is 0. The van der Waals surface area contributed by atoms with Crippen LogP contribution in [-0.4, -0.2) is 51.0 Å². The van der Waals surface area contributed by atoms with Crippen LogP contribution < -0.4 is 9.47 Å². The Morgan fingerprint density at radius 2 is 2.00 bits per heavy atom. The van der Waals surface area contributed by atoms with Gasteiger partial charge in [-0.05, 0) is 38.0 Å². The van der Waals surface area contributed by atoms with Crippen molar-refractivity contribution in [2.45, 2.75) is 20.3 Å². The molecule has 0 N–H and O–H groups in total. The van der Waals surface area contributed by atoms with Gasteiger partial charge in [0, 0.05) is 19.6 Å². The molecule has 4 nitrogen and oxygen atoms in total. The van der Waals surface area contributed by atoms with Gasteiger partial charge in [-0.1, -0.05) is 18.2 Å². The number of hydrogen-bond acceptors (Lipinski definition) is 4. The molecule has 0 aromatic heterocycles. The number of ether oxygens (including phenoxy) is 3. The van der Waals surface area contributed by atoms with Crippen LogP contribution in [0.2, 0.25) is 0 Å². The largest absolute Gasteiger partial charge is 0.490 e. The maximum Gasteiger partial charge on any atom is 0.161 e. The van der Waals surface area contributed by atoms with E-state index in [1.54, 1.807) is 0 Å². The molecule has 0 bridgehead atoms. The van der Waals surface area contributed by atoms with E-state index in [0.29, 0.717) is 13.2 Å². The quantitative estimate of drug-likeness (QED) is 0.690. The van der Waals surface area contributed by atoms with Crippen molar-refractivity contribution in [2.75, 3.05) is 46.1 Å². The highest BCUT2D eigenvalue weighted by Crippen LogP contribution is 2.29. The van der Waals surface area contributed by atoms with Crippen molar-refractivity contribution in [2.24, 2.45) is 0 Å². The second-order valence-electron chi connectivity index (χ2n) is 5.30. The van der Waals surface area contributed by atoms with Gasteiger partial charge in [0.25, 0.3) is 0 Å². The number of nitrogens with zero attached hydrogens (tertiary/aromatic N) is 1. The van der Waals surface area contributed by atoms with E-state index >= 15 is 0 Å². The van der Waals surface area contributed by atoms with Crippen LogP contribution >= 0.6 is 0 Å². The summed E-state index contributed by atoms with van der Waals surface area (Å²) in [6.45, 7) is 10.2. The van der Waals surface area contributed by atoms with Crippen molar-refractivity contribution < 1.29 is 14.2 Å². The molecule has 1 saturated heterocycles. The normalized spacial score (nSPS) is 16.1. The van der Waals surface area contributed by atoms with Gasteiger partial charge in [0.15, 0.2) is 11.5 Å². The van der Waals surface area contributed by atoms with Crippen molar-refractivity contribution in [1.82, 2.24) is 4.90 Å². The summed E-state index contributed by atoms with van der Waals surface area (Å²) >= 11 is 0. The topological polar surface area (TPSA) is 30.9 Å². The molecule has 0 unspecified atom stereocenters. The lowest BCUT2D eigenvalue weighted by atomic mass is 10.2. The predicted octanol–water partition coefficient (Wildman–Crippen LogP) is 3.22. The number of rotatable bonds is 8. The molecule has 22 heavy (non-hydrogen) atoms. The molecule has 1 fully saturated rings. The SMILES string of the molecule is C/C=C/c1ccc(OCC)c(OCCCN2CCOCC2)c1. The summed E-state index contributed by atoms with van der Waals surface area (Å²) in [5, 5.41) is 0. The van der Waals surface area contributed by atoms with Crippen molar-refractivity contribution in [3.05, 3.63) is 29.8 Å². The summed E-state index contributed by atoms with van der Waals surface area (Å²) in [5.41, 5.74) is 1.13. The zero-order valence-corrected chi connectivity index (χ0v) is 13.7. The molecule has 0 saturated carbocycles. The highest BCUT2D eigenvalue weighted by molar-refractivity contribution is 5.55. The van der Waals surface area contributed by atoms with E-state index in [9.17, 15) is 0 Å². The maximum atomic E-state index is 5.95. The maximum absolute atomic E-state index is 5.95. The molecule has 0 radical (unpaired) electrons. The molecule has 0 aliphatic carbocycles. The summed E-state index contributed by atoms with van der Waals surface area (Å²) in [6, 6.07) is 6.07. The fourth-order valence-electron chi connectivity index (χ4n) is 2.50. The first kappa shape index (κ1) is 16.8. The number of allylic oxidation sites excluding steroid dienone is 1. The van der Waals surface area contributed by atoms with Crippen LogP contribution in [0, 0.1) is 0 Å². The summed E-state index contributed by atoms with van der Waals surface area (Å²) in [6.07, 6.45) is 5.10. The van der Waals surface area contributed by atoms with Crippen LogP contribution in [0.5, 0.6) is 11.5 Å². The van der Waals surface area contributed by atoms with Crippen LogP contribution in [0.25, 0.3) is 6.08 Å². The molecular formula is C18H27NO3. The van der Waals surface area contributed by atoms with Crippen LogP contribution in [0.1, 0.15) is 25.8 Å². The van der Waals surface area contributed by atoms with Crippen LogP contribution in [0.4, 0.5) is 0 Å². The zero-order valence-electron chi connectivity index (χ0n) is 13.7. The van der Waals surface area contributed by atoms with Crippen molar-refractivity contribution in [3.8, 4) is 11.5 Å². The summed E-state index contributed by atoms with van der Waals surface area (Å²) in [5.74, 6) is 1.65. The Morgan fingerprint density at radius 3 is 2.73 bits per heavy atom. The molecule has 0 atom stereocenters. The van der Waals surface area contributed by atoms with E-state index in [2.05, 4.69) is 11.0 Å². The zero-order chi connectivity index (χ0) is 15.6. The molecule has 0 spiro atoms. The highest BCUT2D eigenvalue weighted by Gasteiger charge is 2.10. The average molecular weight is 305 g/mol. The third-order valence-electron chi connectivity index (χ3n) is 3.61. The standard InChI is InChI=1S/C18H27NO3/c1-3-6-16-7-8-17(21-4-2)18(15-16)22-12-5-9-19-10-13-20-14-11-19/h3,6-8,15H,4-5,9-14H2,1-2H3/b6-3+. The van der Waals surface area contributed by atoms with Crippen LogP contribution in [-0.2, 0) is 4.74 Å². The smallest absolute Gasteiger partial charge is 0.161 e. The second-order valence-corrected chi connectivity index (χ2v) is 5.30. The molecule has 1 aliphatic rings. The van der Waals surface area contributed by atoms with Crippen molar-refractivity contribution >= 4 is 6.08 Å². The third kappa shape index (κ3) is 5.35. The Labute approximate surface area is 133 Å². The Kier molecular flexibility index (Phi) is 7.26. The fraction of sp³-hybridized carbons (Fsp3) is 0.556. The Bertz CT molecular complexity index is 467. The van der Waals surface area contributed by atoms with Gasteiger partial charge in [0.2, 0.25) is 0 Å². The monoisotopic (exact) mass is 305 g/mol. The molecule has 2 rings (SSSR count).